The highest BCUT2D eigenvalue weighted by Crippen LogP contribution is 2.40. The molecule has 2 aliphatic rings. The quantitative estimate of drug-likeness (QED) is 0.475. The molecule has 3 heterocycles. The van der Waals surface area contributed by atoms with E-state index in [-0.39, 0.29) is 13.6 Å². The van der Waals surface area contributed by atoms with Crippen LogP contribution in [0.5, 0.6) is 23.0 Å². The summed E-state index contributed by atoms with van der Waals surface area (Å²) in [6.07, 6.45) is 2.87. The lowest BCUT2D eigenvalue weighted by atomic mass is 10.0. The van der Waals surface area contributed by atoms with E-state index in [1.807, 2.05) is 42.7 Å². The topological polar surface area (TPSA) is 62.7 Å². The van der Waals surface area contributed by atoms with Crippen LogP contribution < -0.4 is 18.9 Å². The second-order valence-corrected chi connectivity index (χ2v) is 7.17. The molecule has 7 heteroatoms. The van der Waals surface area contributed by atoms with Crippen molar-refractivity contribution in [2.45, 2.75) is 18.4 Å². The fraction of sp³-hybridized carbons (Fsp3) is 0.238. The Morgan fingerprint density at radius 1 is 0.821 bits per heavy atom. The zero-order chi connectivity index (χ0) is 19.1. The molecule has 0 fully saturated rings. The van der Waals surface area contributed by atoms with Gasteiger partial charge in [0, 0.05) is 16.7 Å². The van der Waals surface area contributed by atoms with Gasteiger partial charge in [0.25, 0.3) is 0 Å². The van der Waals surface area contributed by atoms with Crippen molar-refractivity contribution in [1.29, 1.82) is 0 Å². The Labute approximate surface area is 166 Å². The van der Waals surface area contributed by atoms with Crippen molar-refractivity contribution in [3.63, 3.8) is 0 Å². The zero-order valence-electron chi connectivity index (χ0n) is 15.5. The van der Waals surface area contributed by atoms with Crippen LogP contribution in [0.4, 0.5) is 0 Å². The largest absolute Gasteiger partial charge is 0.454 e. The number of nitrogens with zero attached hydrogens (tertiary/aromatic N) is 2. The van der Waals surface area contributed by atoms with E-state index in [0.717, 1.165) is 56.8 Å². The Balaban J connectivity index is 1.67. The van der Waals surface area contributed by atoms with E-state index in [0.29, 0.717) is 5.82 Å². The van der Waals surface area contributed by atoms with Gasteiger partial charge >= 0.3 is 0 Å². The lowest BCUT2D eigenvalue weighted by Gasteiger charge is -2.14. The van der Waals surface area contributed by atoms with E-state index in [9.17, 15) is 0 Å². The summed E-state index contributed by atoms with van der Waals surface area (Å²) >= 11 is 1.63. The molecule has 0 amide bonds. The van der Waals surface area contributed by atoms with Crippen LogP contribution in [0.25, 0.3) is 22.6 Å². The Hall–Kier alpha value is -2.93. The van der Waals surface area contributed by atoms with Gasteiger partial charge in [0.15, 0.2) is 28.8 Å². The lowest BCUT2D eigenvalue weighted by molar-refractivity contribution is 0.173. The fourth-order valence-electron chi connectivity index (χ4n) is 3.40. The highest BCUT2D eigenvalue weighted by Gasteiger charge is 2.21. The van der Waals surface area contributed by atoms with Crippen LogP contribution in [0.1, 0.15) is 12.5 Å². The number of fused-ring (bicyclic) bond motifs is 2. The maximum atomic E-state index is 5.55. The van der Waals surface area contributed by atoms with E-state index in [2.05, 4.69) is 6.92 Å². The molecular weight excluding hydrogens is 376 g/mol. The highest BCUT2D eigenvalue weighted by atomic mass is 32.2. The minimum Gasteiger partial charge on any atom is -0.454 e. The monoisotopic (exact) mass is 394 g/mol. The van der Waals surface area contributed by atoms with E-state index in [4.69, 9.17) is 28.9 Å². The van der Waals surface area contributed by atoms with E-state index < -0.39 is 0 Å². The summed E-state index contributed by atoms with van der Waals surface area (Å²) in [4.78, 5) is 9.74. The molecule has 2 aromatic carbocycles. The van der Waals surface area contributed by atoms with Crippen molar-refractivity contribution in [3.8, 4) is 45.6 Å². The smallest absolute Gasteiger partial charge is 0.231 e. The van der Waals surface area contributed by atoms with Gasteiger partial charge in [-0.15, -0.1) is 11.8 Å². The molecule has 28 heavy (non-hydrogen) atoms. The average Bonchev–Trinajstić information content (AvgIpc) is 3.40. The van der Waals surface area contributed by atoms with Crippen LogP contribution in [0.3, 0.4) is 0 Å². The van der Waals surface area contributed by atoms with Crippen molar-refractivity contribution in [2.75, 3.05) is 19.8 Å². The Morgan fingerprint density at radius 2 is 1.43 bits per heavy atom. The molecule has 0 saturated carbocycles. The molecule has 142 valence electrons. The molecule has 0 atom stereocenters. The maximum Gasteiger partial charge on any atom is 0.231 e. The summed E-state index contributed by atoms with van der Waals surface area (Å²) in [5.41, 5.74) is 3.91. The second-order valence-electron chi connectivity index (χ2n) is 6.37. The third kappa shape index (κ3) is 2.82. The summed E-state index contributed by atoms with van der Waals surface area (Å²) < 4.78 is 21.9. The van der Waals surface area contributed by atoms with Crippen molar-refractivity contribution < 1.29 is 18.9 Å². The summed E-state index contributed by atoms with van der Waals surface area (Å²) in [7, 11) is 0. The standard InChI is InChI=1S/C21H18N2O4S/c1-3-14-19(12-4-6-15-17(8-12)26-10-24-15)22-20(23-21(14)28-2)13-5-7-16-18(9-13)27-11-25-16/h4-9H,3,10-11H2,1-2H3. The normalized spacial score (nSPS) is 13.8. The van der Waals surface area contributed by atoms with E-state index in [1.54, 1.807) is 11.8 Å². The average molecular weight is 394 g/mol. The first-order valence-electron chi connectivity index (χ1n) is 9.01. The number of rotatable bonds is 4. The van der Waals surface area contributed by atoms with Gasteiger partial charge < -0.3 is 18.9 Å². The third-order valence-corrected chi connectivity index (χ3v) is 5.52. The number of hydrogen-bond donors (Lipinski definition) is 0. The van der Waals surface area contributed by atoms with Crippen molar-refractivity contribution in [1.82, 2.24) is 9.97 Å². The molecule has 0 saturated heterocycles. The Kier molecular flexibility index (Phi) is 4.24. The van der Waals surface area contributed by atoms with Gasteiger partial charge in [0.05, 0.1) is 5.69 Å². The first-order valence-corrected chi connectivity index (χ1v) is 10.2. The van der Waals surface area contributed by atoms with E-state index >= 15 is 0 Å². The van der Waals surface area contributed by atoms with Gasteiger partial charge in [-0.25, -0.2) is 9.97 Å². The predicted molar refractivity (Wildman–Crippen MR) is 106 cm³/mol. The van der Waals surface area contributed by atoms with Gasteiger partial charge in [-0.1, -0.05) is 6.92 Å². The van der Waals surface area contributed by atoms with Gasteiger partial charge in [0.2, 0.25) is 13.6 Å². The molecule has 0 unspecified atom stereocenters. The van der Waals surface area contributed by atoms with Crippen molar-refractivity contribution in [3.05, 3.63) is 42.0 Å². The van der Waals surface area contributed by atoms with Gasteiger partial charge in [0.1, 0.15) is 5.03 Å². The summed E-state index contributed by atoms with van der Waals surface area (Å²) in [6.45, 7) is 2.61. The second kappa shape index (κ2) is 6.91. The summed E-state index contributed by atoms with van der Waals surface area (Å²) in [6, 6.07) is 11.7. The van der Waals surface area contributed by atoms with Gasteiger partial charge in [-0.2, -0.15) is 0 Å². The SMILES string of the molecule is CCc1c(SC)nc(-c2ccc3c(c2)OCO3)nc1-c1ccc2c(c1)OCO2. The highest BCUT2D eigenvalue weighted by molar-refractivity contribution is 7.98. The fourth-order valence-corrected chi connectivity index (χ4v) is 4.06. The zero-order valence-corrected chi connectivity index (χ0v) is 16.3. The number of thioether (sulfide) groups is 1. The minimum absolute atomic E-state index is 0.243. The van der Waals surface area contributed by atoms with Crippen molar-refractivity contribution in [2.24, 2.45) is 0 Å². The maximum absolute atomic E-state index is 5.55. The Morgan fingerprint density at radius 3 is 2.07 bits per heavy atom. The van der Waals surface area contributed by atoms with Crippen LogP contribution >= 0.6 is 11.8 Å². The van der Waals surface area contributed by atoms with Gasteiger partial charge in [-0.3, -0.25) is 0 Å². The van der Waals surface area contributed by atoms with Gasteiger partial charge in [-0.05, 0) is 49.1 Å². The van der Waals surface area contributed by atoms with Crippen molar-refractivity contribution >= 4 is 11.8 Å². The number of aromatic nitrogens is 2. The lowest BCUT2D eigenvalue weighted by Crippen LogP contribution is -2.01. The van der Waals surface area contributed by atoms with Crippen LogP contribution in [-0.2, 0) is 6.42 Å². The minimum atomic E-state index is 0.243. The first-order chi connectivity index (χ1) is 13.8. The summed E-state index contributed by atoms with van der Waals surface area (Å²) in [5.74, 6) is 3.63. The van der Waals surface area contributed by atoms with E-state index in [1.165, 1.54) is 0 Å². The van der Waals surface area contributed by atoms with Crippen LogP contribution in [0, 0.1) is 0 Å². The molecule has 1 aromatic heterocycles. The van der Waals surface area contributed by atoms with Crippen LogP contribution in [0.2, 0.25) is 0 Å². The first kappa shape index (κ1) is 17.2. The number of hydrogen-bond acceptors (Lipinski definition) is 7. The Bertz CT molecular complexity index is 1070. The third-order valence-electron chi connectivity index (χ3n) is 4.79. The predicted octanol–water partition coefficient (Wildman–Crippen LogP) is 4.55. The molecule has 0 spiro atoms. The van der Waals surface area contributed by atoms with Crippen LogP contribution in [-0.4, -0.2) is 29.8 Å². The molecule has 5 rings (SSSR count). The molecule has 0 bridgehead atoms. The summed E-state index contributed by atoms with van der Waals surface area (Å²) in [5, 5.41) is 0.970. The molecule has 3 aromatic rings. The molecule has 0 N–H and O–H groups in total. The number of ether oxygens (including phenoxy) is 4. The molecule has 0 radical (unpaired) electrons. The molecule has 2 aliphatic heterocycles. The van der Waals surface area contributed by atoms with Crippen LogP contribution in [0.15, 0.2) is 41.4 Å². The number of benzene rings is 2. The molecular formula is C21H18N2O4S. The molecule has 6 nitrogen and oxygen atoms in total. The molecule has 0 aliphatic carbocycles.